The summed E-state index contributed by atoms with van der Waals surface area (Å²) in [5.41, 5.74) is 3.71. The molecule has 124 valence electrons. The Hall–Kier alpha value is -2.62. The topological polar surface area (TPSA) is 58.2 Å². The first-order valence-electron chi connectivity index (χ1n) is 8.36. The summed E-state index contributed by atoms with van der Waals surface area (Å²) in [5, 5.41) is 5.82. The number of benzene rings is 2. The molecule has 1 aliphatic carbocycles. The number of nitrogens with one attached hydrogen (secondary N) is 2. The van der Waals surface area contributed by atoms with E-state index >= 15 is 0 Å². The fraction of sp³-hybridized carbons (Fsp3) is 0.300. The first-order chi connectivity index (χ1) is 11.6. The van der Waals surface area contributed by atoms with Gasteiger partial charge in [-0.2, -0.15) is 0 Å². The first kappa shape index (κ1) is 16.2. The predicted molar refractivity (Wildman–Crippen MR) is 95.1 cm³/mol. The lowest BCUT2D eigenvalue weighted by Crippen LogP contribution is -2.25. The molecule has 0 atom stereocenters. The Labute approximate surface area is 142 Å². The SMILES string of the molecule is Cc1ccc(CCC(=O)Nc2ccc(C(=O)NC3CC3)cc2)cc1. The van der Waals surface area contributed by atoms with Gasteiger partial charge in [-0.15, -0.1) is 0 Å². The average Bonchev–Trinajstić information content (AvgIpc) is 3.39. The standard InChI is InChI=1S/C20H22N2O2/c1-14-2-4-15(5-3-14)6-13-19(23)21-17-9-7-16(8-10-17)20(24)22-18-11-12-18/h2-5,7-10,18H,6,11-13H2,1H3,(H,21,23)(H,22,24). The summed E-state index contributed by atoms with van der Waals surface area (Å²) in [7, 11) is 0. The lowest BCUT2D eigenvalue weighted by atomic mass is 10.1. The number of carbonyl (C=O) groups is 2. The Kier molecular flexibility index (Phi) is 4.94. The van der Waals surface area contributed by atoms with Gasteiger partial charge in [-0.25, -0.2) is 0 Å². The van der Waals surface area contributed by atoms with Crippen LogP contribution < -0.4 is 10.6 Å². The molecule has 2 aromatic rings. The molecule has 4 heteroatoms. The van der Waals surface area contributed by atoms with Crippen molar-refractivity contribution in [1.82, 2.24) is 5.32 Å². The van der Waals surface area contributed by atoms with Gasteiger partial charge in [0.2, 0.25) is 5.91 Å². The summed E-state index contributed by atoms with van der Waals surface area (Å²) < 4.78 is 0. The highest BCUT2D eigenvalue weighted by atomic mass is 16.2. The second kappa shape index (κ2) is 7.30. The maximum absolute atomic E-state index is 12.0. The number of hydrogen-bond acceptors (Lipinski definition) is 2. The molecular formula is C20H22N2O2. The number of amides is 2. The van der Waals surface area contributed by atoms with E-state index in [1.165, 1.54) is 5.56 Å². The van der Waals surface area contributed by atoms with Crippen LogP contribution in [0.25, 0.3) is 0 Å². The molecule has 0 heterocycles. The zero-order chi connectivity index (χ0) is 16.9. The van der Waals surface area contributed by atoms with E-state index in [-0.39, 0.29) is 11.8 Å². The first-order valence-corrected chi connectivity index (χ1v) is 8.36. The van der Waals surface area contributed by atoms with Crippen molar-refractivity contribution in [2.75, 3.05) is 5.32 Å². The molecule has 1 aliphatic rings. The van der Waals surface area contributed by atoms with Gasteiger partial charge in [0, 0.05) is 23.7 Å². The number of aryl methyl sites for hydroxylation is 2. The smallest absolute Gasteiger partial charge is 0.251 e. The van der Waals surface area contributed by atoms with E-state index < -0.39 is 0 Å². The molecule has 1 saturated carbocycles. The minimum Gasteiger partial charge on any atom is -0.349 e. The molecule has 0 aromatic heterocycles. The summed E-state index contributed by atoms with van der Waals surface area (Å²) in [6, 6.07) is 15.6. The van der Waals surface area contributed by atoms with Crippen molar-refractivity contribution in [1.29, 1.82) is 0 Å². The minimum absolute atomic E-state index is 0.0224. The molecule has 24 heavy (non-hydrogen) atoms. The van der Waals surface area contributed by atoms with Crippen molar-refractivity contribution in [3.63, 3.8) is 0 Å². The lowest BCUT2D eigenvalue weighted by Gasteiger charge is -2.07. The summed E-state index contributed by atoms with van der Waals surface area (Å²) in [6.45, 7) is 2.05. The molecule has 2 aromatic carbocycles. The number of anilines is 1. The summed E-state index contributed by atoms with van der Waals surface area (Å²) in [5.74, 6) is -0.0690. The van der Waals surface area contributed by atoms with Gasteiger partial charge in [0.25, 0.3) is 5.91 Å². The van der Waals surface area contributed by atoms with E-state index in [9.17, 15) is 9.59 Å². The highest BCUT2D eigenvalue weighted by molar-refractivity contribution is 5.96. The van der Waals surface area contributed by atoms with Crippen molar-refractivity contribution in [3.05, 3.63) is 65.2 Å². The Morgan fingerprint density at radius 1 is 1.00 bits per heavy atom. The van der Waals surface area contributed by atoms with E-state index in [1.54, 1.807) is 24.3 Å². The third-order valence-electron chi connectivity index (χ3n) is 4.10. The summed E-state index contributed by atoms with van der Waals surface area (Å²) >= 11 is 0. The van der Waals surface area contributed by atoms with Gasteiger partial charge in [0.1, 0.15) is 0 Å². The number of carbonyl (C=O) groups excluding carboxylic acids is 2. The maximum Gasteiger partial charge on any atom is 0.251 e. The molecule has 0 saturated heterocycles. The molecule has 0 aliphatic heterocycles. The zero-order valence-electron chi connectivity index (χ0n) is 13.8. The van der Waals surface area contributed by atoms with Crippen molar-refractivity contribution in [2.45, 2.75) is 38.6 Å². The van der Waals surface area contributed by atoms with Crippen molar-refractivity contribution in [2.24, 2.45) is 0 Å². The predicted octanol–water partition coefficient (Wildman–Crippen LogP) is 3.46. The molecule has 1 fully saturated rings. The second-order valence-corrected chi connectivity index (χ2v) is 6.36. The van der Waals surface area contributed by atoms with Crippen LogP contribution in [0.4, 0.5) is 5.69 Å². The van der Waals surface area contributed by atoms with Gasteiger partial charge < -0.3 is 10.6 Å². The third-order valence-corrected chi connectivity index (χ3v) is 4.10. The maximum atomic E-state index is 12.0. The van der Waals surface area contributed by atoms with Gasteiger partial charge in [-0.05, 0) is 56.0 Å². The average molecular weight is 322 g/mol. The number of hydrogen-bond donors (Lipinski definition) is 2. The Bertz CT molecular complexity index is 716. The van der Waals surface area contributed by atoms with E-state index in [4.69, 9.17) is 0 Å². The Morgan fingerprint density at radius 2 is 1.67 bits per heavy atom. The van der Waals surface area contributed by atoms with Crippen LogP contribution in [0.3, 0.4) is 0 Å². The fourth-order valence-electron chi connectivity index (χ4n) is 2.44. The molecule has 4 nitrogen and oxygen atoms in total. The van der Waals surface area contributed by atoms with E-state index in [1.807, 2.05) is 6.92 Å². The van der Waals surface area contributed by atoms with E-state index in [0.29, 0.717) is 30.1 Å². The molecule has 2 N–H and O–H groups in total. The van der Waals surface area contributed by atoms with Crippen LogP contribution in [0, 0.1) is 6.92 Å². The van der Waals surface area contributed by atoms with Crippen LogP contribution in [0.15, 0.2) is 48.5 Å². The Morgan fingerprint density at radius 3 is 2.29 bits per heavy atom. The second-order valence-electron chi connectivity index (χ2n) is 6.36. The van der Waals surface area contributed by atoms with Crippen LogP contribution in [0.1, 0.15) is 40.7 Å². The van der Waals surface area contributed by atoms with Crippen molar-refractivity contribution < 1.29 is 9.59 Å². The fourth-order valence-corrected chi connectivity index (χ4v) is 2.44. The molecule has 3 rings (SSSR count). The van der Waals surface area contributed by atoms with Crippen LogP contribution in [0.5, 0.6) is 0 Å². The third kappa shape index (κ3) is 4.69. The van der Waals surface area contributed by atoms with Crippen LogP contribution >= 0.6 is 0 Å². The van der Waals surface area contributed by atoms with E-state index in [2.05, 4.69) is 34.9 Å². The van der Waals surface area contributed by atoms with Crippen molar-refractivity contribution in [3.8, 4) is 0 Å². The molecule has 2 amide bonds. The van der Waals surface area contributed by atoms with Crippen LogP contribution in [-0.4, -0.2) is 17.9 Å². The van der Waals surface area contributed by atoms with Crippen LogP contribution in [0.2, 0.25) is 0 Å². The Balaban J connectivity index is 1.48. The monoisotopic (exact) mass is 322 g/mol. The molecule has 0 unspecified atom stereocenters. The van der Waals surface area contributed by atoms with Gasteiger partial charge >= 0.3 is 0 Å². The zero-order valence-corrected chi connectivity index (χ0v) is 13.8. The summed E-state index contributed by atoms with van der Waals surface area (Å²) in [4.78, 5) is 23.9. The van der Waals surface area contributed by atoms with Gasteiger partial charge in [0.15, 0.2) is 0 Å². The normalized spacial score (nSPS) is 13.4. The van der Waals surface area contributed by atoms with Crippen LogP contribution in [-0.2, 0) is 11.2 Å². The quantitative estimate of drug-likeness (QED) is 0.855. The minimum atomic E-state index is -0.0465. The number of rotatable bonds is 6. The largest absolute Gasteiger partial charge is 0.349 e. The van der Waals surface area contributed by atoms with Gasteiger partial charge in [-0.1, -0.05) is 29.8 Å². The molecule has 0 bridgehead atoms. The molecular weight excluding hydrogens is 300 g/mol. The molecule has 0 spiro atoms. The van der Waals surface area contributed by atoms with E-state index in [0.717, 1.165) is 18.4 Å². The lowest BCUT2D eigenvalue weighted by molar-refractivity contribution is -0.116. The van der Waals surface area contributed by atoms with Crippen molar-refractivity contribution >= 4 is 17.5 Å². The highest BCUT2D eigenvalue weighted by Gasteiger charge is 2.23. The molecule has 0 radical (unpaired) electrons. The van der Waals surface area contributed by atoms with Gasteiger partial charge in [0.05, 0.1) is 0 Å². The van der Waals surface area contributed by atoms with Gasteiger partial charge in [-0.3, -0.25) is 9.59 Å². The summed E-state index contributed by atoms with van der Waals surface area (Å²) in [6.07, 6.45) is 3.29. The highest BCUT2D eigenvalue weighted by Crippen LogP contribution is 2.19.